The van der Waals surface area contributed by atoms with Gasteiger partial charge in [-0.25, -0.2) is 0 Å². The van der Waals surface area contributed by atoms with E-state index in [1.807, 2.05) is 0 Å². The van der Waals surface area contributed by atoms with Gasteiger partial charge in [0.25, 0.3) is 0 Å². The molecule has 0 aromatic heterocycles. The Bertz CT molecular complexity index is 268. The molecule has 48 valence electrons. The Balaban J connectivity index is 4.59. The fourth-order valence-electron chi connectivity index (χ4n) is 0.342. The Morgan fingerprint density at radius 2 is 1.80 bits per heavy atom. The van der Waals surface area contributed by atoms with E-state index >= 15 is 0 Å². The third-order valence-electron chi connectivity index (χ3n) is 0.836. The third-order valence-corrected chi connectivity index (χ3v) is 0.836. The molecule has 0 radical (unpaired) electrons. The molecule has 0 unspecified atom stereocenters. The number of rotatable bonds is 1. The zero-order chi connectivity index (χ0) is 7.98. The summed E-state index contributed by atoms with van der Waals surface area (Å²) in [5, 5.41) is 24.6. The van der Waals surface area contributed by atoms with Gasteiger partial charge in [0.05, 0.1) is 24.1 Å². The van der Waals surface area contributed by atoms with Crippen LogP contribution < -0.4 is 5.73 Å². The molecule has 0 amide bonds. The number of allylic oxidation sites excluding steroid dienone is 2. The molecule has 0 heterocycles. The first-order valence-corrected chi connectivity index (χ1v) is 2.42. The van der Waals surface area contributed by atoms with Crippen molar-refractivity contribution in [1.82, 2.24) is 0 Å². The SMILES string of the molecule is N#CC/C(C#N)=C(\N)C#N. The van der Waals surface area contributed by atoms with E-state index in [4.69, 9.17) is 21.5 Å². The first kappa shape index (κ1) is 8.01. The van der Waals surface area contributed by atoms with Crippen LogP contribution in [0, 0.1) is 34.0 Å². The Hall–Kier alpha value is -1.99. The molecular weight excluding hydrogens is 128 g/mol. The van der Waals surface area contributed by atoms with Crippen molar-refractivity contribution >= 4 is 0 Å². The van der Waals surface area contributed by atoms with Gasteiger partial charge in [-0.2, -0.15) is 15.8 Å². The minimum absolute atomic E-state index is 0.0324. The maximum absolute atomic E-state index is 8.27. The maximum Gasteiger partial charge on any atom is 0.125 e. The lowest BCUT2D eigenvalue weighted by molar-refractivity contribution is 1.21. The van der Waals surface area contributed by atoms with Crippen LogP contribution in [0.4, 0.5) is 0 Å². The monoisotopic (exact) mass is 132 g/mol. The number of hydrogen-bond acceptors (Lipinski definition) is 4. The molecule has 0 bridgehead atoms. The molecule has 2 N–H and O–H groups in total. The standard InChI is InChI=1S/C6H4N4/c7-2-1-5(3-8)6(10)4-9/h1,10H2/b6-5+. The van der Waals surface area contributed by atoms with Gasteiger partial charge in [0.1, 0.15) is 11.8 Å². The molecule has 10 heavy (non-hydrogen) atoms. The number of nitriles is 3. The minimum atomic E-state index is -0.177. The van der Waals surface area contributed by atoms with Gasteiger partial charge in [-0.05, 0) is 0 Å². The lowest BCUT2D eigenvalue weighted by atomic mass is 10.2. The van der Waals surface area contributed by atoms with Crippen molar-refractivity contribution in [3.63, 3.8) is 0 Å². The van der Waals surface area contributed by atoms with E-state index in [0.717, 1.165) is 0 Å². The number of hydrogen-bond donors (Lipinski definition) is 1. The summed E-state index contributed by atoms with van der Waals surface area (Å²) in [7, 11) is 0. The second kappa shape index (κ2) is 3.95. The zero-order valence-electron chi connectivity index (χ0n) is 5.13. The summed E-state index contributed by atoms with van der Waals surface area (Å²) in [6, 6.07) is 4.97. The molecule has 0 spiro atoms. The number of nitrogens with two attached hydrogens (primary N) is 1. The molecule has 4 heteroatoms. The highest BCUT2D eigenvalue weighted by Gasteiger charge is 1.99. The molecule has 0 aliphatic heterocycles. The van der Waals surface area contributed by atoms with E-state index in [1.54, 1.807) is 18.2 Å². The second-order valence-corrected chi connectivity index (χ2v) is 1.45. The molecule has 0 aromatic rings. The molecule has 0 saturated heterocycles. The number of nitrogens with zero attached hydrogens (tertiary/aromatic N) is 3. The van der Waals surface area contributed by atoms with Crippen molar-refractivity contribution in [2.45, 2.75) is 6.42 Å². The van der Waals surface area contributed by atoms with E-state index in [2.05, 4.69) is 0 Å². The second-order valence-electron chi connectivity index (χ2n) is 1.45. The normalized spacial score (nSPS) is 10.1. The molecule has 0 saturated carbocycles. The molecule has 0 aliphatic carbocycles. The topological polar surface area (TPSA) is 97.4 Å². The first-order chi connectivity index (χ1) is 4.76. The van der Waals surface area contributed by atoms with Crippen LogP contribution in [0.15, 0.2) is 11.3 Å². The van der Waals surface area contributed by atoms with Crippen molar-refractivity contribution in [3.05, 3.63) is 11.3 Å². The first-order valence-electron chi connectivity index (χ1n) is 2.42. The van der Waals surface area contributed by atoms with Crippen molar-refractivity contribution in [3.8, 4) is 18.2 Å². The maximum atomic E-state index is 8.27. The predicted molar refractivity (Wildman–Crippen MR) is 32.7 cm³/mol. The largest absolute Gasteiger partial charge is 0.389 e. The Morgan fingerprint density at radius 1 is 1.20 bits per heavy atom. The summed E-state index contributed by atoms with van der Waals surface area (Å²) < 4.78 is 0. The zero-order valence-corrected chi connectivity index (χ0v) is 5.13. The molecule has 0 fully saturated rings. The summed E-state index contributed by atoms with van der Waals surface area (Å²) >= 11 is 0. The molecule has 0 atom stereocenters. The van der Waals surface area contributed by atoms with Gasteiger partial charge in [0, 0.05) is 0 Å². The molecule has 0 rings (SSSR count). The van der Waals surface area contributed by atoms with Crippen LogP contribution in [-0.4, -0.2) is 0 Å². The Morgan fingerprint density at radius 3 is 2.10 bits per heavy atom. The fourth-order valence-corrected chi connectivity index (χ4v) is 0.342. The molecule has 4 nitrogen and oxygen atoms in total. The molecule has 0 aliphatic rings. The van der Waals surface area contributed by atoms with Gasteiger partial charge in [-0.1, -0.05) is 0 Å². The summed E-state index contributed by atoms with van der Waals surface area (Å²) in [5.74, 6) is 0. The Labute approximate surface area is 58.4 Å². The summed E-state index contributed by atoms with van der Waals surface area (Å²) in [6.45, 7) is 0. The van der Waals surface area contributed by atoms with Crippen LogP contribution >= 0.6 is 0 Å². The quantitative estimate of drug-likeness (QED) is 0.514. The van der Waals surface area contributed by atoms with Gasteiger partial charge in [-0.15, -0.1) is 0 Å². The van der Waals surface area contributed by atoms with Crippen LogP contribution in [0.5, 0.6) is 0 Å². The predicted octanol–water partition coefficient (Wildman–Crippen LogP) is 0.160. The molecular formula is C6H4N4. The van der Waals surface area contributed by atoms with Gasteiger partial charge in [-0.3, -0.25) is 0 Å². The van der Waals surface area contributed by atoms with Crippen molar-refractivity contribution in [2.75, 3.05) is 0 Å². The van der Waals surface area contributed by atoms with Crippen molar-refractivity contribution < 1.29 is 0 Å². The van der Waals surface area contributed by atoms with Crippen LogP contribution in [0.2, 0.25) is 0 Å². The lowest BCUT2D eigenvalue weighted by Crippen LogP contribution is -1.97. The average molecular weight is 132 g/mol. The third kappa shape index (κ3) is 1.86. The smallest absolute Gasteiger partial charge is 0.125 e. The van der Waals surface area contributed by atoms with Crippen LogP contribution in [0.3, 0.4) is 0 Å². The highest BCUT2D eigenvalue weighted by molar-refractivity contribution is 5.35. The minimum Gasteiger partial charge on any atom is -0.389 e. The Kier molecular flexibility index (Phi) is 3.16. The van der Waals surface area contributed by atoms with Crippen LogP contribution in [-0.2, 0) is 0 Å². The van der Waals surface area contributed by atoms with Gasteiger partial charge < -0.3 is 5.73 Å². The molecule has 0 aromatic carbocycles. The van der Waals surface area contributed by atoms with E-state index in [-0.39, 0.29) is 17.7 Å². The van der Waals surface area contributed by atoms with Crippen LogP contribution in [0.25, 0.3) is 0 Å². The highest BCUT2D eigenvalue weighted by Crippen LogP contribution is 2.00. The van der Waals surface area contributed by atoms with Crippen molar-refractivity contribution in [1.29, 1.82) is 15.8 Å². The van der Waals surface area contributed by atoms with E-state index in [1.165, 1.54) is 0 Å². The summed E-state index contributed by atoms with van der Waals surface area (Å²) in [5.41, 5.74) is 4.91. The van der Waals surface area contributed by atoms with E-state index < -0.39 is 0 Å². The van der Waals surface area contributed by atoms with Crippen LogP contribution in [0.1, 0.15) is 6.42 Å². The summed E-state index contributed by atoms with van der Waals surface area (Å²) in [4.78, 5) is 0. The van der Waals surface area contributed by atoms with Gasteiger partial charge >= 0.3 is 0 Å². The average Bonchev–Trinajstić information content (AvgIpc) is 1.99. The summed E-state index contributed by atoms with van der Waals surface area (Å²) in [6.07, 6.45) is -0.101. The fraction of sp³-hybridized carbons (Fsp3) is 0.167. The van der Waals surface area contributed by atoms with Gasteiger partial charge in [0.15, 0.2) is 0 Å². The van der Waals surface area contributed by atoms with Crippen molar-refractivity contribution in [2.24, 2.45) is 5.73 Å². The van der Waals surface area contributed by atoms with E-state index in [0.29, 0.717) is 0 Å². The highest BCUT2D eigenvalue weighted by atomic mass is 14.6. The van der Waals surface area contributed by atoms with Gasteiger partial charge in [0.2, 0.25) is 0 Å². The van der Waals surface area contributed by atoms with E-state index in [9.17, 15) is 0 Å². The lowest BCUT2D eigenvalue weighted by Gasteiger charge is -1.87.